The Balaban J connectivity index is 1.75. The Morgan fingerprint density at radius 1 is 0.943 bits per heavy atom. The summed E-state index contributed by atoms with van der Waals surface area (Å²) in [5.74, 6) is -1.86. The third kappa shape index (κ3) is 5.50. The van der Waals surface area contributed by atoms with Gasteiger partial charge in [0.25, 0.3) is 5.76 Å². The maximum Gasteiger partial charge on any atom is 0.288 e. The lowest BCUT2D eigenvalue weighted by Gasteiger charge is -2.47. The van der Waals surface area contributed by atoms with E-state index >= 15 is 0 Å². The van der Waals surface area contributed by atoms with Gasteiger partial charge in [-0.2, -0.15) is 8.78 Å². The molecule has 3 aromatic rings. The van der Waals surface area contributed by atoms with E-state index in [0.717, 1.165) is 16.9 Å². The summed E-state index contributed by atoms with van der Waals surface area (Å²) in [7, 11) is -2.47. The quantitative estimate of drug-likeness (QED) is 0.245. The molecule has 9 heteroatoms. The summed E-state index contributed by atoms with van der Waals surface area (Å²) in [6, 6.07) is 17.8. The van der Waals surface area contributed by atoms with Crippen molar-refractivity contribution in [1.82, 2.24) is 4.67 Å². The number of benzene rings is 2. The molecule has 1 aliphatic rings. The Morgan fingerprint density at radius 2 is 1.60 bits per heavy atom. The number of nitrogens with zero attached hydrogens (tertiary/aromatic N) is 3. The van der Waals surface area contributed by atoms with Gasteiger partial charge in [0.2, 0.25) is 0 Å². The number of anilines is 1. The highest BCUT2D eigenvalue weighted by Crippen LogP contribution is 2.64. The summed E-state index contributed by atoms with van der Waals surface area (Å²) in [5, 5.41) is -0.270. The fourth-order valence-electron chi connectivity index (χ4n) is 4.54. The SMILES string of the molecule is Cc1ccc(P(=Nc2ccc(SC(F)F)cc2)(N2CCN(c3ccccc3F)CC2)C(C)(C)C)o1. The number of thioether (sulfide) groups is 1. The molecule has 1 unspecified atom stereocenters. The molecular weight excluding hydrogens is 490 g/mol. The summed E-state index contributed by atoms with van der Waals surface area (Å²) < 4.78 is 54.0. The van der Waals surface area contributed by atoms with Crippen LogP contribution in [0.5, 0.6) is 0 Å². The van der Waals surface area contributed by atoms with Crippen LogP contribution in [0.2, 0.25) is 0 Å². The van der Waals surface area contributed by atoms with E-state index in [0.29, 0.717) is 48.5 Å². The van der Waals surface area contributed by atoms with E-state index in [1.54, 1.807) is 30.3 Å². The normalized spacial score (nSPS) is 17.0. The molecule has 0 N–H and O–H groups in total. The van der Waals surface area contributed by atoms with Gasteiger partial charge in [-0.3, -0.25) is 4.67 Å². The molecule has 1 fully saturated rings. The third-order valence-corrected chi connectivity index (χ3v) is 11.3. The monoisotopic (exact) mass is 521 g/mol. The summed E-state index contributed by atoms with van der Waals surface area (Å²) >= 11 is 0.527. The van der Waals surface area contributed by atoms with E-state index in [2.05, 4.69) is 30.3 Å². The predicted octanol–water partition coefficient (Wildman–Crippen LogP) is 7.74. The van der Waals surface area contributed by atoms with E-state index in [-0.39, 0.29) is 11.0 Å². The zero-order valence-corrected chi connectivity index (χ0v) is 22.1. The molecule has 188 valence electrons. The molecule has 0 spiro atoms. The van der Waals surface area contributed by atoms with Gasteiger partial charge in [-0.15, -0.1) is 0 Å². The van der Waals surface area contributed by atoms with Crippen molar-refractivity contribution in [2.75, 3.05) is 31.1 Å². The van der Waals surface area contributed by atoms with E-state index < -0.39 is 13.0 Å². The number of furan rings is 1. The number of hydrogen-bond acceptors (Lipinski definition) is 4. The highest BCUT2D eigenvalue weighted by atomic mass is 32.2. The van der Waals surface area contributed by atoms with Crippen LogP contribution in [0.25, 0.3) is 0 Å². The molecule has 35 heavy (non-hydrogen) atoms. The molecule has 0 aliphatic carbocycles. The van der Waals surface area contributed by atoms with Crippen LogP contribution in [-0.4, -0.2) is 41.8 Å². The zero-order chi connectivity index (χ0) is 25.2. The van der Waals surface area contributed by atoms with Gasteiger partial charge in [0.1, 0.15) is 18.8 Å². The van der Waals surface area contributed by atoms with Crippen LogP contribution >= 0.6 is 19.0 Å². The fraction of sp³-hybridized carbons (Fsp3) is 0.385. The van der Waals surface area contributed by atoms with Gasteiger partial charge >= 0.3 is 0 Å². The van der Waals surface area contributed by atoms with Crippen molar-refractivity contribution in [1.29, 1.82) is 0 Å². The number of rotatable bonds is 6. The van der Waals surface area contributed by atoms with Crippen molar-refractivity contribution in [3.63, 3.8) is 0 Å². The smallest absolute Gasteiger partial charge is 0.288 e. The van der Waals surface area contributed by atoms with Crippen molar-refractivity contribution in [3.8, 4) is 0 Å². The molecule has 0 amide bonds. The molecule has 1 saturated heterocycles. The first kappa shape index (κ1) is 25.9. The fourth-order valence-corrected chi connectivity index (χ4v) is 9.13. The molecule has 1 aliphatic heterocycles. The minimum atomic E-state index is -2.47. The Morgan fingerprint density at radius 3 is 2.14 bits per heavy atom. The molecule has 0 saturated carbocycles. The number of aryl methyl sites for hydroxylation is 1. The number of para-hydroxylation sites is 1. The van der Waals surface area contributed by atoms with Gasteiger partial charge in [0, 0.05) is 36.2 Å². The topological polar surface area (TPSA) is 32.0 Å². The average Bonchev–Trinajstić information content (AvgIpc) is 3.24. The number of alkyl halides is 2. The minimum Gasteiger partial charge on any atom is -0.459 e. The number of piperazine rings is 1. The van der Waals surface area contributed by atoms with Crippen molar-refractivity contribution in [2.24, 2.45) is 4.74 Å². The number of halogens is 3. The summed E-state index contributed by atoms with van der Waals surface area (Å²) in [5.41, 5.74) is 2.19. The molecule has 4 rings (SSSR count). The first-order valence-electron chi connectivity index (χ1n) is 11.6. The molecule has 0 bridgehead atoms. The minimum absolute atomic E-state index is 0.217. The van der Waals surface area contributed by atoms with Crippen LogP contribution in [0.15, 0.2) is 74.7 Å². The molecule has 2 heterocycles. The van der Waals surface area contributed by atoms with Gasteiger partial charge < -0.3 is 9.32 Å². The van der Waals surface area contributed by atoms with Crippen LogP contribution in [0.3, 0.4) is 0 Å². The standard InChI is InChI=1S/C26H31F3N3OPS/c1-19-9-14-24(33-19)34(26(2,3)4,30-20-10-12-21(13-11-20)35-25(28)29)32-17-15-31(16-18-32)23-8-6-5-7-22(23)27/h5-14,25H,15-18H2,1-4H3. The van der Waals surface area contributed by atoms with Crippen molar-refractivity contribution in [2.45, 2.75) is 43.5 Å². The zero-order valence-electron chi connectivity index (χ0n) is 20.4. The number of hydrogen-bond donors (Lipinski definition) is 0. The molecular formula is C26H31F3N3OPS. The lowest BCUT2D eigenvalue weighted by atomic mass is 10.2. The molecule has 2 aromatic carbocycles. The second-order valence-electron chi connectivity index (χ2n) is 9.52. The Hall–Kier alpha value is -2.15. The van der Waals surface area contributed by atoms with Crippen molar-refractivity contribution < 1.29 is 17.6 Å². The van der Waals surface area contributed by atoms with Crippen molar-refractivity contribution >= 4 is 35.8 Å². The van der Waals surface area contributed by atoms with Gasteiger partial charge in [-0.25, -0.2) is 9.14 Å². The first-order chi connectivity index (χ1) is 16.6. The maximum atomic E-state index is 14.4. The van der Waals surface area contributed by atoms with Gasteiger partial charge in [-0.05, 0) is 55.5 Å². The van der Waals surface area contributed by atoms with Crippen molar-refractivity contribution in [3.05, 3.63) is 72.2 Å². The highest BCUT2D eigenvalue weighted by molar-refractivity contribution is 7.99. The largest absolute Gasteiger partial charge is 0.459 e. The van der Waals surface area contributed by atoms with E-state index in [1.165, 1.54) is 6.07 Å². The Bertz CT molecular complexity index is 1200. The Kier molecular flexibility index (Phi) is 7.74. The Labute approximate surface area is 209 Å². The summed E-state index contributed by atoms with van der Waals surface area (Å²) in [6.07, 6.45) is 0. The van der Waals surface area contributed by atoms with E-state index in [1.807, 2.05) is 31.2 Å². The van der Waals surface area contributed by atoms with E-state index in [4.69, 9.17) is 9.16 Å². The third-order valence-electron chi connectivity index (χ3n) is 6.15. The van der Waals surface area contributed by atoms with Crippen LogP contribution < -0.4 is 10.4 Å². The van der Waals surface area contributed by atoms with E-state index in [9.17, 15) is 13.2 Å². The van der Waals surface area contributed by atoms with Gasteiger partial charge in [0.05, 0.1) is 11.4 Å². The summed E-state index contributed by atoms with van der Waals surface area (Å²) in [4.78, 5) is 2.58. The van der Waals surface area contributed by atoms with Crippen LogP contribution in [-0.2, 0) is 0 Å². The van der Waals surface area contributed by atoms with Crippen LogP contribution in [0.1, 0.15) is 26.5 Å². The lowest BCUT2D eigenvalue weighted by molar-refractivity contribution is 0.252. The maximum absolute atomic E-state index is 14.4. The second kappa shape index (κ2) is 10.5. The molecule has 1 aromatic heterocycles. The average molecular weight is 522 g/mol. The predicted molar refractivity (Wildman–Crippen MR) is 140 cm³/mol. The lowest BCUT2D eigenvalue weighted by Crippen LogP contribution is -2.49. The van der Waals surface area contributed by atoms with Gasteiger partial charge in [0.15, 0.2) is 5.50 Å². The second-order valence-corrected chi connectivity index (χ2v) is 14.3. The summed E-state index contributed by atoms with van der Waals surface area (Å²) in [6.45, 7) is 11.2. The molecule has 4 nitrogen and oxygen atoms in total. The van der Waals surface area contributed by atoms with Gasteiger partial charge in [-0.1, -0.05) is 44.7 Å². The first-order valence-corrected chi connectivity index (χ1v) is 14.2. The van der Waals surface area contributed by atoms with Crippen LogP contribution in [0, 0.1) is 12.7 Å². The van der Waals surface area contributed by atoms with Crippen LogP contribution in [0.4, 0.5) is 24.5 Å². The molecule has 0 radical (unpaired) electrons. The highest BCUT2D eigenvalue weighted by Gasteiger charge is 2.44. The molecule has 1 atom stereocenters.